The molecule has 108 valence electrons. The highest BCUT2D eigenvalue weighted by molar-refractivity contribution is 5.93. The lowest BCUT2D eigenvalue weighted by atomic mass is 10.2. The van der Waals surface area contributed by atoms with Crippen molar-refractivity contribution in [2.24, 2.45) is 0 Å². The van der Waals surface area contributed by atoms with Gasteiger partial charge in [-0.1, -0.05) is 0 Å². The summed E-state index contributed by atoms with van der Waals surface area (Å²) in [5.74, 6) is -2.80. The molecule has 1 fully saturated rings. The van der Waals surface area contributed by atoms with Gasteiger partial charge in [0.05, 0.1) is 11.0 Å². The minimum absolute atomic E-state index is 0.0600. The van der Waals surface area contributed by atoms with Gasteiger partial charge in [-0.3, -0.25) is 14.9 Å². The predicted molar refractivity (Wildman–Crippen MR) is 67.3 cm³/mol. The van der Waals surface area contributed by atoms with E-state index in [2.05, 4.69) is 10.6 Å². The molecule has 0 heterocycles. The number of hydrogen-bond donors (Lipinski definition) is 2. The molecular formula is C12H13F2N3O3. The van der Waals surface area contributed by atoms with E-state index in [-0.39, 0.29) is 6.42 Å². The Morgan fingerprint density at radius 1 is 1.40 bits per heavy atom. The first-order valence-electron chi connectivity index (χ1n) is 6.14. The van der Waals surface area contributed by atoms with Gasteiger partial charge in [0, 0.05) is 25.1 Å². The van der Waals surface area contributed by atoms with Crippen LogP contribution in [-0.4, -0.2) is 23.4 Å². The third-order valence-corrected chi connectivity index (χ3v) is 2.86. The van der Waals surface area contributed by atoms with Gasteiger partial charge in [-0.05, 0) is 12.8 Å². The second kappa shape index (κ2) is 5.91. The maximum Gasteiger partial charge on any atom is 0.298 e. The number of nitro benzene ring substituents is 1. The van der Waals surface area contributed by atoms with Gasteiger partial charge in [0.1, 0.15) is 5.82 Å². The van der Waals surface area contributed by atoms with Crippen LogP contribution < -0.4 is 10.6 Å². The molecule has 0 atom stereocenters. The Bertz CT molecular complexity index is 547. The van der Waals surface area contributed by atoms with Gasteiger partial charge in [0.25, 0.3) is 5.69 Å². The number of nitro groups is 1. The van der Waals surface area contributed by atoms with Crippen molar-refractivity contribution in [3.8, 4) is 0 Å². The summed E-state index contributed by atoms with van der Waals surface area (Å²) in [7, 11) is 0. The maximum atomic E-state index is 13.5. The van der Waals surface area contributed by atoms with Gasteiger partial charge in [0.2, 0.25) is 5.91 Å². The Hall–Kier alpha value is -2.09. The minimum Gasteiger partial charge on any atom is -0.318 e. The molecule has 0 saturated heterocycles. The zero-order chi connectivity index (χ0) is 14.7. The van der Waals surface area contributed by atoms with Crippen LogP contribution in [0, 0.1) is 21.7 Å². The van der Waals surface area contributed by atoms with E-state index in [1.807, 2.05) is 0 Å². The first-order chi connectivity index (χ1) is 9.47. The third kappa shape index (κ3) is 3.70. The lowest BCUT2D eigenvalue weighted by Crippen LogP contribution is -2.23. The van der Waals surface area contributed by atoms with Crippen LogP contribution in [0.5, 0.6) is 0 Å². The van der Waals surface area contributed by atoms with Crippen molar-refractivity contribution in [1.82, 2.24) is 5.32 Å². The molecule has 2 N–H and O–H groups in total. The summed E-state index contributed by atoms with van der Waals surface area (Å²) < 4.78 is 26.5. The van der Waals surface area contributed by atoms with Crippen molar-refractivity contribution in [2.75, 3.05) is 11.9 Å². The van der Waals surface area contributed by atoms with Crippen LogP contribution in [0.2, 0.25) is 0 Å². The molecule has 1 aromatic rings. The van der Waals surface area contributed by atoms with E-state index in [4.69, 9.17) is 0 Å². The van der Waals surface area contributed by atoms with Crippen molar-refractivity contribution < 1.29 is 18.5 Å². The molecule has 8 heteroatoms. The fraction of sp³-hybridized carbons (Fsp3) is 0.417. The molecule has 2 rings (SSSR count). The minimum atomic E-state index is -1.17. The van der Waals surface area contributed by atoms with Crippen molar-refractivity contribution in [3.63, 3.8) is 0 Å². The quantitative estimate of drug-likeness (QED) is 0.618. The maximum absolute atomic E-state index is 13.5. The third-order valence-electron chi connectivity index (χ3n) is 2.86. The summed E-state index contributed by atoms with van der Waals surface area (Å²) in [5.41, 5.74) is -1.40. The highest BCUT2D eigenvalue weighted by atomic mass is 19.1. The summed E-state index contributed by atoms with van der Waals surface area (Å²) in [4.78, 5) is 21.4. The van der Waals surface area contributed by atoms with Crippen LogP contribution >= 0.6 is 0 Å². The fourth-order valence-electron chi connectivity index (χ4n) is 1.71. The van der Waals surface area contributed by atoms with E-state index < -0.39 is 33.8 Å². The average Bonchev–Trinajstić information content (AvgIpc) is 3.16. The van der Waals surface area contributed by atoms with E-state index in [9.17, 15) is 23.7 Å². The Balaban J connectivity index is 2.03. The molecule has 0 spiro atoms. The van der Waals surface area contributed by atoms with E-state index in [0.29, 0.717) is 24.7 Å². The van der Waals surface area contributed by atoms with E-state index in [1.165, 1.54) is 0 Å². The Morgan fingerprint density at radius 3 is 2.70 bits per heavy atom. The second-order valence-electron chi connectivity index (χ2n) is 4.57. The number of halogens is 2. The van der Waals surface area contributed by atoms with Crippen LogP contribution in [0.4, 0.5) is 20.2 Å². The molecule has 1 aromatic carbocycles. The number of anilines is 1. The first kappa shape index (κ1) is 14.3. The molecule has 0 aromatic heterocycles. The average molecular weight is 285 g/mol. The summed E-state index contributed by atoms with van der Waals surface area (Å²) in [6, 6.07) is 1.49. The number of benzene rings is 1. The summed E-state index contributed by atoms with van der Waals surface area (Å²) >= 11 is 0. The van der Waals surface area contributed by atoms with Gasteiger partial charge < -0.3 is 10.6 Å². The number of nitrogens with zero attached hydrogens (tertiary/aromatic N) is 1. The zero-order valence-corrected chi connectivity index (χ0v) is 10.5. The fourth-order valence-corrected chi connectivity index (χ4v) is 1.71. The van der Waals surface area contributed by atoms with Crippen molar-refractivity contribution in [1.29, 1.82) is 0 Å². The largest absolute Gasteiger partial charge is 0.318 e. The second-order valence-corrected chi connectivity index (χ2v) is 4.57. The van der Waals surface area contributed by atoms with Crippen molar-refractivity contribution >= 4 is 17.3 Å². The van der Waals surface area contributed by atoms with Gasteiger partial charge in [-0.25, -0.2) is 8.78 Å². The van der Waals surface area contributed by atoms with Gasteiger partial charge in [0.15, 0.2) is 11.5 Å². The number of nitrogens with one attached hydrogen (secondary N) is 2. The molecule has 1 saturated carbocycles. The predicted octanol–water partition coefficient (Wildman–Crippen LogP) is 1.95. The number of amides is 1. The standard InChI is InChI=1S/C12H13F2N3O3/c13-7-5-9(14)12(10(6-7)17(19)20)16-11(18)3-4-15-8-1-2-8/h5-6,8,15H,1-4H2,(H,16,18). The molecule has 1 aliphatic carbocycles. The Morgan fingerprint density at radius 2 is 2.10 bits per heavy atom. The molecule has 1 aliphatic rings. The first-order valence-corrected chi connectivity index (χ1v) is 6.14. The highest BCUT2D eigenvalue weighted by Crippen LogP contribution is 2.28. The lowest BCUT2D eigenvalue weighted by Gasteiger charge is -2.07. The molecule has 6 nitrogen and oxygen atoms in total. The van der Waals surface area contributed by atoms with Crippen LogP contribution in [0.15, 0.2) is 12.1 Å². The summed E-state index contributed by atoms with van der Waals surface area (Å²) in [6.07, 6.45) is 2.20. The van der Waals surface area contributed by atoms with E-state index in [1.54, 1.807) is 0 Å². The van der Waals surface area contributed by atoms with Crippen LogP contribution in [0.3, 0.4) is 0 Å². The van der Waals surface area contributed by atoms with Crippen LogP contribution in [0.1, 0.15) is 19.3 Å². The Kier molecular flexibility index (Phi) is 4.23. The lowest BCUT2D eigenvalue weighted by molar-refractivity contribution is -0.384. The monoisotopic (exact) mass is 285 g/mol. The van der Waals surface area contributed by atoms with Gasteiger partial charge in [-0.15, -0.1) is 0 Å². The topological polar surface area (TPSA) is 84.3 Å². The number of carbonyl (C=O) groups excluding carboxylic acids is 1. The summed E-state index contributed by atoms with van der Waals surface area (Å²) in [5, 5.41) is 15.9. The van der Waals surface area contributed by atoms with E-state index in [0.717, 1.165) is 12.8 Å². The van der Waals surface area contributed by atoms with Gasteiger partial charge >= 0.3 is 0 Å². The Labute approximate surface area is 113 Å². The smallest absolute Gasteiger partial charge is 0.298 e. The molecule has 0 radical (unpaired) electrons. The number of carbonyl (C=O) groups is 1. The van der Waals surface area contributed by atoms with Crippen LogP contribution in [-0.2, 0) is 4.79 Å². The number of hydrogen-bond acceptors (Lipinski definition) is 4. The summed E-state index contributed by atoms with van der Waals surface area (Å²) in [6.45, 7) is 0.410. The molecule has 0 bridgehead atoms. The zero-order valence-electron chi connectivity index (χ0n) is 10.5. The van der Waals surface area contributed by atoms with Crippen molar-refractivity contribution in [3.05, 3.63) is 33.9 Å². The highest BCUT2D eigenvalue weighted by Gasteiger charge is 2.23. The molecule has 0 aliphatic heterocycles. The van der Waals surface area contributed by atoms with Gasteiger partial charge in [-0.2, -0.15) is 0 Å². The van der Waals surface area contributed by atoms with E-state index >= 15 is 0 Å². The normalized spacial score (nSPS) is 14.1. The molecule has 20 heavy (non-hydrogen) atoms. The molecule has 1 amide bonds. The molecule has 0 unspecified atom stereocenters. The SMILES string of the molecule is O=C(CCNC1CC1)Nc1c(F)cc(F)cc1[N+](=O)[O-]. The van der Waals surface area contributed by atoms with Crippen molar-refractivity contribution in [2.45, 2.75) is 25.3 Å². The van der Waals surface area contributed by atoms with Crippen LogP contribution in [0.25, 0.3) is 0 Å². The molecular weight excluding hydrogens is 272 g/mol. The number of rotatable bonds is 6.